The molecule has 0 spiro atoms. The summed E-state index contributed by atoms with van der Waals surface area (Å²) in [5, 5.41) is 3.04. The van der Waals surface area contributed by atoms with E-state index < -0.39 is 0 Å². The van der Waals surface area contributed by atoms with Crippen LogP contribution < -0.4 is 5.32 Å². The number of aryl methyl sites for hydroxylation is 1. The second-order valence-electron chi connectivity index (χ2n) is 4.42. The van der Waals surface area contributed by atoms with Gasteiger partial charge in [0.05, 0.1) is 6.04 Å². The number of rotatable bonds is 3. The zero-order valence-electron chi connectivity index (χ0n) is 9.29. The molecule has 0 unspecified atom stereocenters. The van der Waals surface area contributed by atoms with Gasteiger partial charge < -0.3 is 5.32 Å². The normalized spacial score (nSPS) is 17.2. The number of benzene rings is 1. The second-order valence-corrected chi connectivity index (χ2v) is 4.42. The van der Waals surface area contributed by atoms with Gasteiger partial charge in [-0.1, -0.05) is 29.8 Å². The lowest BCUT2D eigenvalue weighted by molar-refractivity contribution is -0.122. The van der Waals surface area contributed by atoms with Crippen LogP contribution >= 0.6 is 0 Å². The molecule has 0 saturated heterocycles. The quantitative estimate of drug-likeness (QED) is 0.803. The summed E-state index contributed by atoms with van der Waals surface area (Å²) in [5.74, 6) is 0.501. The third-order valence-corrected chi connectivity index (χ3v) is 2.88. The van der Waals surface area contributed by atoms with Gasteiger partial charge in [0, 0.05) is 5.92 Å². The molecule has 1 N–H and O–H groups in total. The van der Waals surface area contributed by atoms with Gasteiger partial charge in [0.15, 0.2) is 0 Å². The molecular weight excluding hydrogens is 186 g/mol. The maximum atomic E-state index is 11.5. The lowest BCUT2D eigenvalue weighted by atomic mass is 10.1. The topological polar surface area (TPSA) is 29.1 Å². The molecule has 1 fully saturated rings. The van der Waals surface area contributed by atoms with Gasteiger partial charge in [0.25, 0.3) is 0 Å². The highest BCUT2D eigenvalue weighted by molar-refractivity contribution is 5.81. The van der Waals surface area contributed by atoms with Gasteiger partial charge in [-0.3, -0.25) is 4.79 Å². The monoisotopic (exact) mass is 203 g/mol. The van der Waals surface area contributed by atoms with Gasteiger partial charge >= 0.3 is 0 Å². The molecule has 2 nitrogen and oxygen atoms in total. The molecule has 0 radical (unpaired) electrons. The molecule has 1 aromatic rings. The predicted octanol–water partition coefficient (Wildman–Crippen LogP) is 2.58. The third-order valence-electron chi connectivity index (χ3n) is 2.88. The molecule has 1 amide bonds. The Morgan fingerprint density at radius 1 is 1.33 bits per heavy atom. The summed E-state index contributed by atoms with van der Waals surface area (Å²) in [5.41, 5.74) is 2.43. The minimum atomic E-state index is 0.124. The van der Waals surface area contributed by atoms with Crippen LogP contribution in [0.5, 0.6) is 0 Å². The largest absolute Gasteiger partial charge is 0.349 e. The van der Waals surface area contributed by atoms with Gasteiger partial charge in [-0.15, -0.1) is 0 Å². The smallest absolute Gasteiger partial charge is 0.223 e. The van der Waals surface area contributed by atoms with E-state index in [0.717, 1.165) is 12.8 Å². The number of amides is 1. The lowest BCUT2D eigenvalue weighted by Gasteiger charge is -2.14. The van der Waals surface area contributed by atoms with Crippen molar-refractivity contribution in [2.24, 2.45) is 5.92 Å². The Morgan fingerprint density at radius 2 is 1.93 bits per heavy atom. The summed E-state index contributed by atoms with van der Waals surface area (Å²) < 4.78 is 0. The molecule has 0 aliphatic heterocycles. The molecular formula is C13H17NO. The summed E-state index contributed by atoms with van der Waals surface area (Å²) >= 11 is 0. The molecule has 0 bridgehead atoms. The van der Waals surface area contributed by atoms with E-state index in [1.807, 2.05) is 6.92 Å². The van der Waals surface area contributed by atoms with Crippen LogP contribution in [0.15, 0.2) is 24.3 Å². The first-order valence-electron chi connectivity index (χ1n) is 5.54. The van der Waals surface area contributed by atoms with E-state index in [-0.39, 0.29) is 17.9 Å². The van der Waals surface area contributed by atoms with Crippen molar-refractivity contribution in [3.8, 4) is 0 Å². The molecule has 15 heavy (non-hydrogen) atoms. The average molecular weight is 203 g/mol. The van der Waals surface area contributed by atoms with E-state index in [0.29, 0.717) is 0 Å². The number of carbonyl (C=O) groups is 1. The fourth-order valence-corrected chi connectivity index (χ4v) is 1.62. The molecule has 1 aliphatic carbocycles. The van der Waals surface area contributed by atoms with E-state index in [1.165, 1.54) is 11.1 Å². The molecule has 80 valence electrons. The summed E-state index contributed by atoms with van der Waals surface area (Å²) in [4.78, 5) is 11.5. The number of hydrogen-bond donors (Lipinski definition) is 1. The molecule has 2 heteroatoms. The van der Waals surface area contributed by atoms with Crippen LogP contribution in [0.4, 0.5) is 0 Å². The fourth-order valence-electron chi connectivity index (χ4n) is 1.62. The van der Waals surface area contributed by atoms with Crippen LogP contribution in [0.2, 0.25) is 0 Å². The Hall–Kier alpha value is -1.31. The van der Waals surface area contributed by atoms with Crippen molar-refractivity contribution < 1.29 is 4.79 Å². The first kappa shape index (κ1) is 10.2. The van der Waals surface area contributed by atoms with Gasteiger partial charge in [-0.25, -0.2) is 0 Å². The van der Waals surface area contributed by atoms with Crippen LogP contribution in [-0.2, 0) is 4.79 Å². The Balaban J connectivity index is 1.97. The molecule has 1 atom stereocenters. The zero-order valence-corrected chi connectivity index (χ0v) is 9.29. The number of nitrogens with one attached hydrogen (secondary N) is 1. The summed E-state index contributed by atoms with van der Waals surface area (Å²) in [6, 6.07) is 8.43. The summed E-state index contributed by atoms with van der Waals surface area (Å²) in [7, 11) is 0. The van der Waals surface area contributed by atoms with Crippen molar-refractivity contribution in [3.63, 3.8) is 0 Å². The molecule has 1 saturated carbocycles. The minimum absolute atomic E-state index is 0.124. The molecule has 1 aromatic carbocycles. The van der Waals surface area contributed by atoms with Crippen molar-refractivity contribution >= 4 is 5.91 Å². The van der Waals surface area contributed by atoms with Crippen molar-refractivity contribution in [1.29, 1.82) is 0 Å². The minimum Gasteiger partial charge on any atom is -0.349 e. The third kappa shape index (κ3) is 2.58. The number of hydrogen-bond acceptors (Lipinski definition) is 1. The van der Waals surface area contributed by atoms with Gasteiger partial charge in [-0.2, -0.15) is 0 Å². The standard InChI is InChI=1S/C13H17NO/c1-9-3-5-11(6-4-9)10(2)14-13(15)12-7-8-12/h3-6,10,12H,7-8H2,1-2H3,(H,14,15)/t10-/m0/s1. The summed E-state index contributed by atoms with van der Waals surface area (Å²) in [6.45, 7) is 4.10. The maximum Gasteiger partial charge on any atom is 0.223 e. The number of carbonyl (C=O) groups excluding carboxylic acids is 1. The molecule has 0 heterocycles. The summed E-state index contributed by atoms with van der Waals surface area (Å²) in [6.07, 6.45) is 2.12. The maximum absolute atomic E-state index is 11.5. The van der Waals surface area contributed by atoms with Crippen molar-refractivity contribution in [3.05, 3.63) is 35.4 Å². The van der Waals surface area contributed by atoms with Crippen LogP contribution in [-0.4, -0.2) is 5.91 Å². The Bertz CT molecular complexity index is 351. The molecule has 2 rings (SSSR count). The van der Waals surface area contributed by atoms with Crippen LogP contribution in [0.3, 0.4) is 0 Å². The molecule has 0 aromatic heterocycles. The highest BCUT2D eigenvalue weighted by atomic mass is 16.2. The Labute approximate surface area is 90.7 Å². The highest BCUT2D eigenvalue weighted by Crippen LogP contribution is 2.29. The fraction of sp³-hybridized carbons (Fsp3) is 0.462. The van der Waals surface area contributed by atoms with Gasteiger partial charge in [0.2, 0.25) is 5.91 Å². The SMILES string of the molecule is Cc1ccc([C@H](C)NC(=O)C2CC2)cc1. The second kappa shape index (κ2) is 4.05. The predicted molar refractivity (Wildman–Crippen MR) is 60.5 cm³/mol. The highest BCUT2D eigenvalue weighted by Gasteiger charge is 2.30. The van der Waals surface area contributed by atoms with Crippen molar-refractivity contribution in [2.45, 2.75) is 32.7 Å². The van der Waals surface area contributed by atoms with Crippen LogP contribution in [0.1, 0.15) is 36.9 Å². The van der Waals surface area contributed by atoms with E-state index in [4.69, 9.17) is 0 Å². The first-order valence-corrected chi connectivity index (χ1v) is 5.54. The van der Waals surface area contributed by atoms with E-state index >= 15 is 0 Å². The van der Waals surface area contributed by atoms with E-state index in [1.54, 1.807) is 0 Å². The zero-order chi connectivity index (χ0) is 10.8. The van der Waals surface area contributed by atoms with E-state index in [2.05, 4.69) is 36.5 Å². The van der Waals surface area contributed by atoms with Crippen molar-refractivity contribution in [1.82, 2.24) is 5.32 Å². The average Bonchev–Trinajstić information content (AvgIpc) is 3.01. The Morgan fingerprint density at radius 3 is 2.47 bits per heavy atom. The van der Waals surface area contributed by atoms with Crippen LogP contribution in [0, 0.1) is 12.8 Å². The van der Waals surface area contributed by atoms with Crippen molar-refractivity contribution in [2.75, 3.05) is 0 Å². The van der Waals surface area contributed by atoms with Gasteiger partial charge in [0.1, 0.15) is 0 Å². The van der Waals surface area contributed by atoms with Gasteiger partial charge in [-0.05, 0) is 32.3 Å². The first-order chi connectivity index (χ1) is 7.16. The molecule has 1 aliphatic rings. The van der Waals surface area contributed by atoms with E-state index in [9.17, 15) is 4.79 Å². The lowest BCUT2D eigenvalue weighted by Crippen LogP contribution is -2.27. The van der Waals surface area contributed by atoms with Crippen LogP contribution in [0.25, 0.3) is 0 Å². The Kier molecular flexibility index (Phi) is 2.76.